The lowest BCUT2D eigenvalue weighted by Gasteiger charge is -2.40. The second kappa shape index (κ2) is 5.64. The van der Waals surface area contributed by atoms with Crippen molar-refractivity contribution in [2.45, 2.75) is 39.3 Å². The van der Waals surface area contributed by atoms with Crippen LogP contribution >= 0.6 is 0 Å². The quantitative estimate of drug-likeness (QED) is 0.785. The normalized spacial score (nSPS) is 19.9. The molecule has 0 N–H and O–H groups in total. The molecule has 0 aromatic carbocycles. The Labute approximate surface area is 119 Å². The Bertz CT molecular complexity index is 458. The summed E-state index contributed by atoms with van der Waals surface area (Å²) in [6.45, 7) is 9.75. The topological polar surface area (TPSA) is 58.6 Å². The van der Waals surface area contributed by atoms with Crippen LogP contribution in [0.1, 0.15) is 27.7 Å². The van der Waals surface area contributed by atoms with E-state index in [4.69, 9.17) is 4.74 Å². The lowest BCUT2D eigenvalue weighted by molar-refractivity contribution is 0.0218. The van der Waals surface area contributed by atoms with Gasteiger partial charge in [0.1, 0.15) is 17.7 Å². The molecule has 2 heterocycles. The third-order valence-electron chi connectivity index (χ3n) is 3.14. The summed E-state index contributed by atoms with van der Waals surface area (Å²) in [5, 5.41) is 0. The zero-order valence-electron chi connectivity index (χ0n) is 12.5. The third kappa shape index (κ3) is 3.59. The molecule has 6 nitrogen and oxygen atoms in total. The van der Waals surface area contributed by atoms with E-state index in [2.05, 4.69) is 21.8 Å². The molecule has 20 heavy (non-hydrogen) atoms. The van der Waals surface area contributed by atoms with Crippen molar-refractivity contribution in [3.63, 3.8) is 0 Å². The summed E-state index contributed by atoms with van der Waals surface area (Å²) in [7, 11) is 0. The maximum absolute atomic E-state index is 12.1. The lowest BCUT2D eigenvalue weighted by atomic mass is 10.2. The number of anilines is 1. The summed E-state index contributed by atoms with van der Waals surface area (Å²) in [5.41, 5.74) is -0.454. The zero-order valence-corrected chi connectivity index (χ0v) is 12.5. The first kappa shape index (κ1) is 14.6. The van der Waals surface area contributed by atoms with E-state index in [-0.39, 0.29) is 12.1 Å². The van der Waals surface area contributed by atoms with Crippen LogP contribution in [0.15, 0.2) is 18.6 Å². The second-order valence-corrected chi connectivity index (χ2v) is 6.04. The van der Waals surface area contributed by atoms with Gasteiger partial charge in [-0.15, -0.1) is 0 Å². The van der Waals surface area contributed by atoms with Crippen molar-refractivity contribution in [2.75, 3.05) is 24.5 Å². The molecule has 1 saturated heterocycles. The second-order valence-electron chi connectivity index (χ2n) is 6.04. The number of hydrogen-bond donors (Lipinski definition) is 0. The fourth-order valence-electron chi connectivity index (χ4n) is 2.24. The highest BCUT2D eigenvalue weighted by Crippen LogP contribution is 2.19. The van der Waals surface area contributed by atoms with Crippen LogP contribution in [0.5, 0.6) is 0 Å². The molecule has 1 aliphatic heterocycles. The van der Waals surface area contributed by atoms with Gasteiger partial charge < -0.3 is 14.5 Å². The number of piperazine rings is 1. The van der Waals surface area contributed by atoms with Gasteiger partial charge in [-0.05, 0) is 33.8 Å². The summed E-state index contributed by atoms with van der Waals surface area (Å²) in [6.07, 6.45) is 3.03. The van der Waals surface area contributed by atoms with Crippen molar-refractivity contribution in [1.82, 2.24) is 14.9 Å². The third-order valence-corrected chi connectivity index (χ3v) is 3.14. The molecule has 1 aromatic rings. The number of rotatable bonds is 1. The van der Waals surface area contributed by atoms with Crippen molar-refractivity contribution in [3.05, 3.63) is 18.6 Å². The molecule has 1 amide bonds. The maximum Gasteiger partial charge on any atom is 0.410 e. The average molecular weight is 278 g/mol. The molecule has 0 radical (unpaired) electrons. The molecular formula is C14H22N4O2. The zero-order chi connectivity index (χ0) is 14.8. The summed E-state index contributed by atoms with van der Waals surface area (Å²) >= 11 is 0. The van der Waals surface area contributed by atoms with Gasteiger partial charge in [-0.25, -0.2) is 14.8 Å². The average Bonchev–Trinajstić information content (AvgIpc) is 2.37. The Hall–Kier alpha value is -1.85. The highest BCUT2D eigenvalue weighted by atomic mass is 16.6. The van der Waals surface area contributed by atoms with Crippen LogP contribution in [-0.4, -0.2) is 52.2 Å². The molecule has 0 unspecified atom stereocenters. The maximum atomic E-state index is 12.1. The van der Waals surface area contributed by atoms with Gasteiger partial charge in [0.25, 0.3) is 0 Å². The van der Waals surface area contributed by atoms with E-state index < -0.39 is 5.60 Å². The van der Waals surface area contributed by atoms with E-state index in [1.807, 2.05) is 26.8 Å². The minimum Gasteiger partial charge on any atom is -0.444 e. The van der Waals surface area contributed by atoms with Gasteiger partial charge in [-0.2, -0.15) is 0 Å². The SMILES string of the molecule is C[C@H]1CN(C(=O)OC(C)(C)C)CCN1c1ccncn1. The molecule has 1 aromatic heterocycles. The number of carbonyl (C=O) groups excluding carboxylic acids is 1. The summed E-state index contributed by atoms with van der Waals surface area (Å²) < 4.78 is 5.41. The lowest BCUT2D eigenvalue weighted by Crippen LogP contribution is -2.54. The molecular weight excluding hydrogens is 256 g/mol. The molecule has 2 rings (SSSR count). The van der Waals surface area contributed by atoms with Gasteiger partial charge in [0.15, 0.2) is 0 Å². The van der Waals surface area contributed by atoms with Crippen molar-refractivity contribution >= 4 is 11.9 Å². The minimum atomic E-state index is -0.454. The molecule has 6 heteroatoms. The van der Waals surface area contributed by atoms with Gasteiger partial charge in [-0.3, -0.25) is 0 Å². The van der Waals surface area contributed by atoms with Gasteiger partial charge in [0.05, 0.1) is 0 Å². The van der Waals surface area contributed by atoms with Gasteiger partial charge in [0.2, 0.25) is 0 Å². The summed E-state index contributed by atoms with van der Waals surface area (Å²) in [5.74, 6) is 0.899. The Balaban J connectivity index is 1.97. The van der Waals surface area contributed by atoms with E-state index >= 15 is 0 Å². The van der Waals surface area contributed by atoms with E-state index in [0.717, 1.165) is 12.4 Å². The number of aromatic nitrogens is 2. The van der Waals surface area contributed by atoms with E-state index in [1.165, 1.54) is 0 Å². The van der Waals surface area contributed by atoms with Crippen molar-refractivity contribution < 1.29 is 9.53 Å². The first-order chi connectivity index (χ1) is 9.37. The predicted octanol–water partition coefficient (Wildman–Crippen LogP) is 1.92. The fraction of sp³-hybridized carbons (Fsp3) is 0.643. The van der Waals surface area contributed by atoms with Crippen LogP contribution in [0.25, 0.3) is 0 Å². The van der Waals surface area contributed by atoms with Crippen molar-refractivity contribution in [1.29, 1.82) is 0 Å². The molecule has 1 atom stereocenters. The number of ether oxygens (including phenoxy) is 1. The van der Waals surface area contributed by atoms with Crippen molar-refractivity contribution in [2.24, 2.45) is 0 Å². The molecule has 1 aliphatic rings. The highest BCUT2D eigenvalue weighted by molar-refractivity contribution is 5.68. The minimum absolute atomic E-state index is 0.200. The first-order valence-corrected chi connectivity index (χ1v) is 6.87. The Morgan fingerprint density at radius 1 is 1.40 bits per heavy atom. The molecule has 0 saturated carbocycles. The van der Waals surface area contributed by atoms with Crippen LogP contribution in [0.2, 0.25) is 0 Å². The Morgan fingerprint density at radius 3 is 2.70 bits per heavy atom. The van der Waals surface area contributed by atoms with Gasteiger partial charge >= 0.3 is 6.09 Å². The molecule has 0 spiro atoms. The summed E-state index contributed by atoms with van der Waals surface area (Å²) in [6, 6.07) is 2.09. The Kier molecular flexibility index (Phi) is 4.11. The van der Waals surface area contributed by atoms with E-state index in [9.17, 15) is 4.79 Å². The van der Waals surface area contributed by atoms with Gasteiger partial charge in [-0.1, -0.05) is 0 Å². The number of hydrogen-bond acceptors (Lipinski definition) is 5. The largest absolute Gasteiger partial charge is 0.444 e. The highest BCUT2D eigenvalue weighted by Gasteiger charge is 2.30. The first-order valence-electron chi connectivity index (χ1n) is 6.87. The molecule has 0 bridgehead atoms. The van der Waals surface area contributed by atoms with Crippen molar-refractivity contribution in [3.8, 4) is 0 Å². The predicted molar refractivity (Wildman–Crippen MR) is 76.6 cm³/mol. The van der Waals surface area contributed by atoms with Crippen LogP contribution in [0, 0.1) is 0 Å². The van der Waals surface area contributed by atoms with Crippen LogP contribution in [0.3, 0.4) is 0 Å². The molecule has 110 valence electrons. The fourth-order valence-corrected chi connectivity index (χ4v) is 2.24. The molecule has 0 aliphatic carbocycles. The van der Waals surface area contributed by atoms with Crippen LogP contribution < -0.4 is 4.90 Å². The Morgan fingerprint density at radius 2 is 2.15 bits per heavy atom. The van der Waals surface area contributed by atoms with E-state index in [0.29, 0.717) is 13.1 Å². The molecule has 1 fully saturated rings. The van der Waals surface area contributed by atoms with Gasteiger partial charge in [0, 0.05) is 31.9 Å². The number of carbonyl (C=O) groups is 1. The van der Waals surface area contributed by atoms with E-state index in [1.54, 1.807) is 17.4 Å². The van der Waals surface area contributed by atoms with Crippen LogP contribution in [0.4, 0.5) is 10.6 Å². The summed E-state index contributed by atoms with van der Waals surface area (Å²) in [4.78, 5) is 24.2. The van der Waals surface area contributed by atoms with Crippen LogP contribution in [-0.2, 0) is 4.74 Å². The smallest absolute Gasteiger partial charge is 0.410 e. The standard InChI is InChI=1S/C14H22N4O2/c1-11-9-17(13(19)20-14(2,3)4)7-8-18(11)12-5-6-15-10-16-12/h5-6,10-11H,7-9H2,1-4H3/t11-/m0/s1. The monoisotopic (exact) mass is 278 g/mol. The number of nitrogens with zero attached hydrogens (tertiary/aromatic N) is 4. The number of amides is 1.